The molecule has 0 amide bonds. The number of hydrogen-bond donors (Lipinski definition) is 2. The number of aromatic amines is 1. The lowest BCUT2D eigenvalue weighted by molar-refractivity contribution is 0.477. The summed E-state index contributed by atoms with van der Waals surface area (Å²) in [7, 11) is 0. The number of hydrogen-bond acceptors (Lipinski definition) is 2. The first-order valence-corrected chi connectivity index (χ1v) is 5.92. The highest BCUT2D eigenvalue weighted by Crippen LogP contribution is 2.31. The first kappa shape index (κ1) is 12.0. The topological polar surface area (TPSA) is 48.9 Å². The van der Waals surface area contributed by atoms with Gasteiger partial charge in [-0.3, -0.25) is 0 Å². The number of aromatic hydroxyl groups is 1. The monoisotopic (exact) mass is 250 g/mol. The fraction of sp³-hybridized carbons (Fsp3) is 0.308. The average molecular weight is 251 g/mol. The number of aryl methyl sites for hydroxylation is 1. The van der Waals surface area contributed by atoms with Crippen LogP contribution in [-0.4, -0.2) is 15.1 Å². The Morgan fingerprint density at radius 2 is 2.06 bits per heavy atom. The van der Waals surface area contributed by atoms with Crippen LogP contribution < -0.4 is 0 Å². The molecule has 0 saturated carbocycles. The Hall–Kier alpha value is -1.48. The van der Waals surface area contributed by atoms with Gasteiger partial charge in [0.2, 0.25) is 0 Å². The van der Waals surface area contributed by atoms with Gasteiger partial charge in [-0.15, -0.1) is 0 Å². The minimum absolute atomic E-state index is 0.140. The van der Waals surface area contributed by atoms with E-state index in [0.29, 0.717) is 22.3 Å². The van der Waals surface area contributed by atoms with Crippen LogP contribution in [0.5, 0.6) is 5.75 Å². The van der Waals surface area contributed by atoms with Crippen molar-refractivity contribution in [1.29, 1.82) is 0 Å². The van der Waals surface area contributed by atoms with E-state index in [2.05, 4.69) is 23.8 Å². The van der Waals surface area contributed by atoms with E-state index in [9.17, 15) is 5.11 Å². The van der Waals surface area contributed by atoms with Crippen molar-refractivity contribution in [2.45, 2.75) is 26.7 Å². The molecule has 2 aromatic rings. The average Bonchev–Trinajstić information content (AvgIpc) is 2.60. The second kappa shape index (κ2) is 4.41. The number of nitrogens with zero attached hydrogens (tertiary/aromatic N) is 1. The summed E-state index contributed by atoms with van der Waals surface area (Å²) in [6.07, 6.45) is 0. The Kier molecular flexibility index (Phi) is 3.11. The van der Waals surface area contributed by atoms with Gasteiger partial charge in [0, 0.05) is 10.7 Å². The number of aromatic nitrogens is 2. The van der Waals surface area contributed by atoms with Crippen LogP contribution in [0.1, 0.15) is 31.2 Å². The number of rotatable bonds is 2. The van der Waals surface area contributed by atoms with E-state index < -0.39 is 0 Å². The highest BCUT2D eigenvalue weighted by molar-refractivity contribution is 6.30. The van der Waals surface area contributed by atoms with E-state index in [1.165, 1.54) is 6.07 Å². The number of phenols is 1. The molecule has 0 aliphatic carbocycles. The van der Waals surface area contributed by atoms with Crippen molar-refractivity contribution >= 4 is 11.6 Å². The summed E-state index contributed by atoms with van der Waals surface area (Å²) in [4.78, 5) is 7.70. The zero-order valence-electron chi connectivity index (χ0n) is 10.1. The Morgan fingerprint density at radius 1 is 1.35 bits per heavy atom. The number of phenolic OH excluding ortho intramolecular Hbond substituents is 1. The van der Waals surface area contributed by atoms with Gasteiger partial charge in [-0.05, 0) is 31.0 Å². The molecule has 1 aromatic carbocycles. The van der Waals surface area contributed by atoms with E-state index in [4.69, 9.17) is 11.6 Å². The first-order valence-electron chi connectivity index (χ1n) is 5.54. The van der Waals surface area contributed by atoms with Crippen molar-refractivity contribution in [3.63, 3.8) is 0 Å². The number of imidazole rings is 1. The SMILES string of the molecule is Cc1[nH]c(-c2ccc(Cl)cc2O)nc1C(C)C. The Morgan fingerprint density at radius 3 is 2.59 bits per heavy atom. The molecule has 1 heterocycles. The molecule has 0 bridgehead atoms. The van der Waals surface area contributed by atoms with Crippen molar-refractivity contribution in [2.24, 2.45) is 0 Å². The fourth-order valence-electron chi connectivity index (χ4n) is 1.87. The van der Waals surface area contributed by atoms with Gasteiger partial charge in [-0.2, -0.15) is 0 Å². The van der Waals surface area contributed by atoms with Crippen LogP contribution in [0.3, 0.4) is 0 Å². The number of halogens is 1. The van der Waals surface area contributed by atoms with Gasteiger partial charge in [0.25, 0.3) is 0 Å². The molecule has 2 N–H and O–H groups in total. The van der Waals surface area contributed by atoms with Crippen molar-refractivity contribution in [2.75, 3.05) is 0 Å². The molecule has 1 aromatic heterocycles. The van der Waals surface area contributed by atoms with Crippen LogP contribution in [0.4, 0.5) is 0 Å². The van der Waals surface area contributed by atoms with E-state index >= 15 is 0 Å². The molecule has 0 spiro atoms. The van der Waals surface area contributed by atoms with Crippen LogP contribution in [0.2, 0.25) is 5.02 Å². The lowest BCUT2D eigenvalue weighted by Crippen LogP contribution is -1.89. The van der Waals surface area contributed by atoms with Crippen LogP contribution >= 0.6 is 11.6 Å². The molecular formula is C13H15ClN2O. The zero-order valence-corrected chi connectivity index (χ0v) is 10.8. The highest BCUT2D eigenvalue weighted by Gasteiger charge is 2.13. The molecule has 0 aliphatic rings. The van der Waals surface area contributed by atoms with Crippen molar-refractivity contribution < 1.29 is 5.11 Å². The second-order valence-corrected chi connectivity index (χ2v) is 4.85. The summed E-state index contributed by atoms with van der Waals surface area (Å²) < 4.78 is 0. The maximum absolute atomic E-state index is 9.84. The smallest absolute Gasteiger partial charge is 0.141 e. The molecule has 0 radical (unpaired) electrons. The molecule has 2 rings (SSSR count). The number of benzene rings is 1. The minimum atomic E-state index is 0.140. The maximum atomic E-state index is 9.84. The molecular weight excluding hydrogens is 236 g/mol. The van der Waals surface area contributed by atoms with Gasteiger partial charge in [0.05, 0.1) is 11.3 Å². The molecule has 0 unspecified atom stereocenters. The summed E-state index contributed by atoms with van der Waals surface area (Å²) in [5, 5.41) is 10.4. The molecule has 0 aliphatic heterocycles. The maximum Gasteiger partial charge on any atom is 0.141 e. The molecule has 90 valence electrons. The van der Waals surface area contributed by atoms with Crippen molar-refractivity contribution in [3.8, 4) is 17.1 Å². The molecule has 0 fully saturated rings. The van der Waals surface area contributed by atoms with E-state index in [-0.39, 0.29) is 5.75 Å². The minimum Gasteiger partial charge on any atom is -0.507 e. The first-order chi connectivity index (χ1) is 7.99. The normalized spacial score (nSPS) is 11.1. The summed E-state index contributed by atoms with van der Waals surface area (Å²) in [5.74, 6) is 1.18. The van der Waals surface area contributed by atoms with E-state index in [1.807, 2.05) is 6.92 Å². The summed E-state index contributed by atoms with van der Waals surface area (Å²) in [6.45, 7) is 6.17. The van der Waals surface area contributed by atoms with Crippen LogP contribution in [0.25, 0.3) is 11.4 Å². The highest BCUT2D eigenvalue weighted by atomic mass is 35.5. The number of H-pyrrole nitrogens is 1. The Labute approximate surface area is 105 Å². The summed E-state index contributed by atoms with van der Waals surface area (Å²) >= 11 is 5.80. The molecule has 17 heavy (non-hydrogen) atoms. The van der Waals surface area contributed by atoms with E-state index in [0.717, 1.165) is 11.4 Å². The largest absolute Gasteiger partial charge is 0.507 e. The predicted molar refractivity (Wildman–Crippen MR) is 69.5 cm³/mol. The third-order valence-electron chi connectivity index (χ3n) is 2.68. The molecule has 0 atom stereocenters. The van der Waals surface area contributed by atoms with Crippen LogP contribution in [-0.2, 0) is 0 Å². The van der Waals surface area contributed by atoms with Gasteiger partial charge >= 0.3 is 0 Å². The third kappa shape index (κ3) is 2.29. The van der Waals surface area contributed by atoms with Gasteiger partial charge in [0.15, 0.2) is 0 Å². The Balaban J connectivity index is 2.50. The summed E-state index contributed by atoms with van der Waals surface area (Å²) in [5.41, 5.74) is 2.73. The quantitative estimate of drug-likeness (QED) is 0.850. The fourth-order valence-corrected chi connectivity index (χ4v) is 2.03. The van der Waals surface area contributed by atoms with Gasteiger partial charge in [-0.25, -0.2) is 4.98 Å². The third-order valence-corrected chi connectivity index (χ3v) is 2.92. The van der Waals surface area contributed by atoms with Gasteiger partial charge < -0.3 is 10.1 Å². The lowest BCUT2D eigenvalue weighted by Gasteiger charge is -2.01. The zero-order chi connectivity index (χ0) is 12.6. The summed E-state index contributed by atoms with van der Waals surface area (Å²) in [6, 6.07) is 5.02. The second-order valence-electron chi connectivity index (χ2n) is 4.41. The van der Waals surface area contributed by atoms with Crippen molar-refractivity contribution in [3.05, 3.63) is 34.6 Å². The van der Waals surface area contributed by atoms with E-state index in [1.54, 1.807) is 12.1 Å². The van der Waals surface area contributed by atoms with Gasteiger partial charge in [-0.1, -0.05) is 25.4 Å². The Bertz CT molecular complexity index is 546. The van der Waals surface area contributed by atoms with Gasteiger partial charge in [0.1, 0.15) is 11.6 Å². The predicted octanol–water partition coefficient (Wildman–Crippen LogP) is 3.87. The van der Waals surface area contributed by atoms with Crippen LogP contribution in [0.15, 0.2) is 18.2 Å². The van der Waals surface area contributed by atoms with Crippen LogP contribution in [0, 0.1) is 6.92 Å². The number of nitrogens with one attached hydrogen (secondary N) is 1. The van der Waals surface area contributed by atoms with Crippen molar-refractivity contribution in [1.82, 2.24) is 9.97 Å². The molecule has 0 saturated heterocycles. The lowest BCUT2D eigenvalue weighted by atomic mass is 10.1. The standard InChI is InChI=1S/C13H15ClN2O/c1-7(2)12-8(3)15-13(16-12)10-5-4-9(14)6-11(10)17/h4-7,17H,1-3H3,(H,15,16). The molecule has 4 heteroatoms. The molecule has 3 nitrogen and oxygen atoms in total.